The maximum Gasteiger partial charge on any atom is 0.315 e. The van der Waals surface area contributed by atoms with E-state index in [1.165, 1.54) is 6.07 Å². The maximum atomic E-state index is 11.9. The molecule has 0 aliphatic carbocycles. The van der Waals surface area contributed by atoms with Crippen molar-refractivity contribution in [3.8, 4) is 0 Å². The lowest BCUT2D eigenvalue weighted by atomic mass is 10.1. The van der Waals surface area contributed by atoms with E-state index in [0.717, 1.165) is 31.7 Å². The lowest BCUT2D eigenvalue weighted by Gasteiger charge is -2.32. The zero-order valence-electron chi connectivity index (χ0n) is 13.5. The first-order chi connectivity index (χ1) is 11.6. The molecule has 2 aromatic heterocycles. The SMILES string of the molecule is Cc1cc(=O)[nH]c(N2CCC(NC(=O)NCc3ccco3)CC2)n1. The Bertz CT molecular complexity index is 732. The molecule has 8 nitrogen and oxygen atoms in total. The number of amides is 2. The number of rotatable bonds is 4. The average molecular weight is 331 g/mol. The number of hydrogen-bond acceptors (Lipinski definition) is 5. The number of carbonyl (C=O) groups excluding carboxylic acids is 1. The van der Waals surface area contributed by atoms with E-state index in [2.05, 4.69) is 20.6 Å². The van der Waals surface area contributed by atoms with Crippen molar-refractivity contribution in [1.29, 1.82) is 0 Å². The number of anilines is 1. The quantitative estimate of drug-likeness (QED) is 0.779. The van der Waals surface area contributed by atoms with Gasteiger partial charge >= 0.3 is 6.03 Å². The fraction of sp³-hybridized carbons (Fsp3) is 0.438. The van der Waals surface area contributed by atoms with Crippen LogP contribution in [0.1, 0.15) is 24.3 Å². The Kier molecular flexibility index (Phi) is 4.83. The van der Waals surface area contributed by atoms with Crippen LogP contribution in [-0.4, -0.2) is 35.1 Å². The lowest BCUT2D eigenvalue weighted by Crippen LogP contribution is -2.48. The van der Waals surface area contributed by atoms with Gasteiger partial charge in [0.2, 0.25) is 5.95 Å². The fourth-order valence-electron chi connectivity index (χ4n) is 2.77. The predicted octanol–water partition coefficient (Wildman–Crippen LogP) is 1.14. The van der Waals surface area contributed by atoms with E-state index in [1.54, 1.807) is 19.3 Å². The summed E-state index contributed by atoms with van der Waals surface area (Å²) in [7, 11) is 0. The Labute approximate surface area is 139 Å². The smallest absolute Gasteiger partial charge is 0.315 e. The number of aryl methyl sites for hydroxylation is 1. The van der Waals surface area contributed by atoms with Crippen LogP contribution in [0.25, 0.3) is 0 Å². The van der Waals surface area contributed by atoms with Gasteiger partial charge < -0.3 is 20.0 Å². The highest BCUT2D eigenvalue weighted by Crippen LogP contribution is 2.15. The molecule has 24 heavy (non-hydrogen) atoms. The van der Waals surface area contributed by atoms with Crippen molar-refractivity contribution in [3.05, 3.63) is 46.3 Å². The highest BCUT2D eigenvalue weighted by molar-refractivity contribution is 5.74. The van der Waals surface area contributed by atoms with Crippen LogP contribution in [0.15, 0.2) is 33.7 Å². The van der Waals surface area contributed by atoms with Crippen molar-refractivity contribution in [2.75, 3.05) is 18.0 Å². The first-order valence-electron chi connectivity index (χ1n) is 8.00. The zero-order valence-corrected chi connectivity index (χ0v) is 13.5. The largest absolute Gasteiger partial charge is 0.467 e. The summed E-state index contributed by atoms with van der Waals surface area (Å²) in [5, 5.41) is 5.74. The summed E-state index contributed by atoms with van der Waals surface area (Å²) in [4.78, 5) is 32.6. The summed E-state index contributed by atoms with van der Waals surface area (Å²) >= 11 is 0. The summed E-state index contributed by atoms with van der Waals surface area (Å²) in [6.07, 6.45) is 3.17. The number of urea groups is 1. The summed E-state index contributed by atoms with van der Waals surface area (Å²) in [5.74, 6) is 1.31. The molecule has 0 spiro atoms. The molecule has 8 heteroatoms. The van der Waals surface area contributed by atoms with Crippen LogP contribution in [0.3, 0.4) is 0 Å². The van der Waals surface area contributed by atoms with Gasteiger partial charge in [-0.2, -0.15) is 0 Å². The molecule has 2 aromatic rings. The molecular weight excluding hydrogens is 310 g/mol. The fourth-order valence-corrected chi connectivity index (χ4v) is 2.77. The number of carbonyl (C=O) groups is 1. The second kappa shape index (κ2) is 7.20. The lowest BCUT2D eigenvalue weighted by molar-refractivity contribution is 0.233. The number of aromatic amines is 1. The highest BCUT2D eigenvalue weighted by atomic mass is 16.3. The Morgan fingerprint density at radius 3 is 2.92 bits per heavy atom. The van der Waals surface area contributed by atoms with Gasteiger partial charge in [-0.25, -0.2) is 9.78 Å². The summed E-state index contributed by atoms with van der Waals surface area (Å²) in [6.45, 7) is 3.63. The van der Waals surface area contributed by atoms with Crippen LogP contribution in [0, 0.1) is 6.92 Å². The highest BCUT2D eigenvalue weighted by Gasteiger charge is 2.22. The molecule has 3 rings (SSSR count). The monoisotopic (exact) mass is 331 g/mol. The zero-order chi connectivity index (χ0) is 16.9. The van der Waals surface area contributed by atoms with Crippen LogP contribution < -0.4 is 21.1 Å². The predicted molar refractivity (Wildman–Crippen MR) is 88.9 cm³/mol. The Balaban J connectivity index is 1.46. The van der Waals surface area contributed by atoms with Crippen LogP contribution in [0.4, 0.5) is 10.7 Å². The number of nitrogens with one attached hydrogen (secondary N) is 3. The second-order valence-electron chi connectivity index (χ2n) is 5.88. The summed E-state index contributed by atoms with van der Waals surface area (Å²) in [5.41, 5.74) is 0.557. The van der Waals surface area contributed by atoms with Gasteiger partial charge in [0.25, 0.3) is 5.56 Å². The number of furan rings is 1. The molecule has 0 aromatic carbocycles. The first kappa shape index (κ1) is 16.1. The summed E-state index contributed by atoms with van der Waals surface area (Å²) < 4.78 is 5.17. The van der Waals surface area contributed by atoms with Gasteiger partial charge in [-0.05, 0) is 31.9 Å². The molecule has 1 saturated heterocycles. The van der Waals surface area contributed by atoms with E-state index < -0.39 is 0 Å². The van der Waals surface area contributed by atoms with Crippen LogP contribution in [-0.2, 0) is 6.54 Å². The molecule has 0 bridgehead atoms. The van der Waals surface area contributed by atoms with Crippen LogP contribution in [0.5, 0.6) is 0 Å². The molecule has 0 unspecified atom stereocenters. The Morgan fingerprint density at radius 1 is 1.46 bits per heavy atom. The van der Waals surface area contributed by atoms with Crippen molar-refractivity contribution >= 4 is 12.0 Å². The molecular formula is C16H21N5O3. The van der Waals surface area contributed by atoms with Gasteiger partial charge in [0.15, 0.2) is 0 Å². The van der Waals surface area contributed by atoms with Crippen molar-refractivity contribution in [3.63, 3.8) is 0 Å². The van der Waals surface area contributed by atoms with E-state index in [1.807, 2.05) is 11.0 Å². The molecule has 1 fully saturated rings. The molecule has 0 saturated carbocycles. The van der Waals surface area contributed by atoms with Gasteiger partial charge in [0.1, 0.15) is 5.76 Å². The van der Waals surface area contributed by atoms with Crippen LogP contribution in [0.2, 0.25) is 0 Å². The minimum absolute atomic E-state index is 0.106. The number of H-pyrrole nitrogens is 1. The third-order valence-electron chi connectivity index (χ3n) is 3.99. The van der Waals surface area contributed by atoms with Gasteiger partial charge in [-0.1, -0.05) is 0 Å². The average Bonchev–Trinajstić information content (AvgIpc) is 3.06. The minimum atomic E-state index is -0.202. The van der Waals surface area contributed by atoms with Gasteiger partial charge in [0.05, 0.1) is 12.8 Å². The van der Waals surface area contributed by atoms with Gasteiger partial charge in [0, 0.05) is 30.9 Å². The summed E-state index contributed by atoms with van der Waals surface area (Å²) in [6, 6.07) is 4.98. The topological polar surface area (TPSA) is 103 Å². The molecule has 128 valence electrons. The Hall–Kier alpha value is -2.77. The number of aromatic nitrogens is 2. The molecule has 0 radical (unpaired) electrons. The van der Waals surface area contributed by atoms with E-state index >= 15 is 0 Å². The molecule has 3 N–H and O–H groups in total. The number of piperidine rings is 1. The van der Waals surface area contributed by atoms with E-state index in [4.69, 9.17) is 4.42 Å². The number of hydrogen-bond donors (Lipinski definition) is 3. The normalized spacial score (nSPS) is 15.3. The van der Waals surface area contributed by atoms with E-state index in [9.17, 15) is 9.59 Å². The first-order valence-corrected chi connectivity index (χ1v) is 8.00. The van der Waals surface area contributed by atoms with E-state index in [0.29, 0.717) is 18.2 Å². The van der Waals surface area contributed by atoms with Gasteiger partial charge in [-0.15, -0.1) is 0 Å². The number of nitrogens with zero attached hydrogens (tertiary/aromatic N) is 2. The van der Waals surface area contributed by atoms with Crippen LogP contribution >= 0.6 is 0 Å². The third-order valence-corrected chi connectivity index (χ3v) is 3.99. The molecule has 0 atom stereocenters. The molecule has 2 amide bonds. The molecule has 1 aliphatic rings. The third kappa shape index (κ3) is 4.15. The Morgan fingerprint density at radius 2 is 2.25 bits per heavy atom. The standard InChI is InChI=1S/C16H21N5O3/c1-11-9-14(22)20-15(18-11)21-6-4-12(5-7-21)19-16(23)17-10-13-3-2-8-24-13/h2-3,8-9,12H,4-7,10H2,1H3,(H2,17,19,23)(H,18,20,22). The second-order valence-corrected chi connectivity index (χ2v) is 5.88. The van der Waals surface area contributed by atoms with Crippen molar-refractivity contribution < 1.29 is 9.21 Å². The maximum absolute atomic E-state index is 11.9. The van der Waals surface area contributed by atoms with Crippen molar-refractivity contribution in [1.82, 2.24) is 20.6 Å². The molecule has 3 heterocycles. The van der Waals surface area contributed by atoms with Gasteiger partial charge in [-0.3, -0.25) is 9.78 Å². The van der Waals surface area contributed by atoms with Crippen molar-refractivity contribution in [2.45, 2.75) is 32.4 Å². The van der Waals surface area contributed by atoms with E-state index in [-0.39, 0.29) is 17.6 Å². The minimum Gasteiger partial charge on any atom is -0.467 e. The van der Waals surface area contributed by atoms with Crippen molar-refractivity contribution in [2.24, 2.45) is 0 Å². The molecule has 1 aliphatic heterocycles.